The molecule has 0 saturated carbocycles. The Morgan fingerprint density at radius 1 is 1.14 bits per heavy atom. The normalized spacial score (nSPS) is 15.3. The van der Waals surface area contributed by atoms with Gasteiger partial charge in [-0.1, -0.05) is 51.9 Å². The maximum atomic E-state index is 12.5. The van der Waals surface area contributed by atoms with Crippen LogP contribution in [0.15, 0.2) is 24.3 Å². The van der Waals surface area contributed by atoms with E-state index < -0.39 is 22.8 Å². The van der Waals surface area contributed by atoms with Crippen LogP contribution in [-0.2, 0) is 14.3 Å². The molecule has 11 heteroatoms. The van der Waals surface area contributed by atoms with Crippen molar-refractivity contribution in [1.82, 2.24) is 15.5 Å². The molecular weight excluding hydrogens is 472 g/mol. The number of nitrogens with one attached hydrogen (secondary N) is 2. The van der Waals surface area contributed by atoms with Crippen molar-refractivity contribution in [2.75, 3.05) is 19.7 Å². The Kier molecular flexibility index (Phi) is 12.1. The maximum Gasteiger partial charge on any atom is 0.308 e. The van der Waals surface area contributed by atoms with Gasteiger partial charge in [-0.05, 0) is 30.8 Å². The molecule has 2 amide bonds. The fraction of sp³-hybridized carbons (Fsp3) is 0.583. The number of piperazine rings is 1. The fourth-order valence-corrected chi connectivity index (χ4v) is 4.09. The Bertz CT molecular complexity index is 893. The molecule has 1 aromatic carbocycles. The minimum atomic E-state index is -0.889. The Labute approximate surface area is 210 Å². The monoisotopic (exact) mass is 506 g/mol. The number of amides is 2. The third-order valence-electron chi connectivity index (χ3n) is 5.77. The van der Waals surface area contributed by atoms with Gasteiger partial charge in [-0.3, -0.25) is 29.8 Å². The Balaban J connectivity index is 1.80. The van der Waals surface area contributed by atoms with Crippen LogP contribution in [0.4, 0.5) is 5.69 Å². The number of unbranched alkanes of at least 4 members (excludes halogenated alkanes) is 7. The highest BCUT2D eigenvalue weighted by Gasteiger charge is 2.34. The number of non-ortho nitro benzene ring substituents is 1. The summed E-state index contributed by atoms with van der Waals surface area (Å²) in [5.74, 6) is -1.43. The lowest BCUT2D eigenvalue weighted by Gasteiger charge is -2.36. The molecule has 0 bridgehead atoms. The molecule has 10 nitrogen and oxygen atoms in total. The van der Waals surface area contributed by atoms with Crippen LogP contribution in [0.25, 0.3) is 0 Å². The van der Waals surface area contributed by atoms with Crippen LogP contribution in [0.3, 0.4) is 0 Å². The summed E-state index contributed by atoms with van der Waals surface area (Å²) in [6, 6.07) is 4.19. The van der Waals surface area contributed by atoms with E-state index in [2.05, 4.69) is 17.6 Å². The van der Waals surface area contributed by atoms with Crippen LogP contribution in [0, 0.1) is 10.1 Å². The molecule has 0 radical (unpaired) electrons. The van der Waals surface area contributed by atoms with E-state index >= 15 is 0 Å². The lowest BCUT2D eigenvalue weighted by molar-refractivity contribution is -0.384. The van der Waals surface area contributed by atoms with E-state index in [-0.39, 0.29) is 28.7 Å². The number of benzene rings is 1. The van der Waals surface area contributed by atoms with Gasteiger partial charge in [-0.25, -0.2) is 0 Å². The number of thiocarbonyl (C=S) groups is 1. The van der Waals surface area contributed by atoms with Crippen molar-refractivity contribution in [1.29, 1.82) is 0 Å². The number of nitrogens with zero attached hydrogens (tertiary/aromatic N) is 2. The van der Waals surface area contributed by atoms with Crippen molar-refractivity contribution < 1.29 is 24.0 Å². The molecular formula is C24H34N4O6S. The highest BCUT2D eigenvalue weighted by Crippen LogP contribution is 2.14. The number of hydrogen-bond donors (Lipinski definition) is 2. The molecule has 0 aliphatic carbocycles. The van der Waals surface area contributed by atoms with Crippen LogP contribution in [0.1, 0.15) is 75.1 Å². The first kappa shape index (κ1) is 28.2. The lowest BCUT2D eigenvalue weighted by Crippen LogP contribution is -2.60. The van der Waals surface area contributed by atoms with Crippen LogP contribution in [0.5, 0.6) is 0 Å². The standard InChI is InChI=1S/C24H34N4O6S/c1-2-3-4-5-6-7-8-9-16-34-21(29)17-20-23(31)25-14-15-27(20)24(35)26-22(30)18-10-12-19(13-11-18)28(32)33/h10-13,20H,2-9,14-17H2,1H3,(H,25,31)(H,26,30,35). The average Bonchev–Trinajstić information content (AvgIpc) is 2.84. The second-order valence-corrected chi connectivity index (χ2v) is 8.85. The molecule has 1 aliphatic rings. The van der Waals surface area contributed by atoms with Gasteiger partial charge in [-0.2, -0.15) is 0 Å². The molecule has 2 N–H and O–H groups in total. The summed E-state index contributed by atoms with van der Waals surface area (Å²) in [6.07, 6.45) is 8.89. The van der Waals surface area contributed by atoms with Gasteiger partial charge in [0.15, 0.2) is 5.11 Å². The minimum Gasteiger partial charge on any atom is -0.466 e. The van der Waals surface area contributed by atoms with Gasteiger partial charge in [0, 0.05) is 30.8 Å². The predicted octanol–water partition coefficient (Wildman–Crippen LogP) is 3.48. The molecule has 1 aliphatic heterocycles. The number of nitro groups is 1. The van der Waals surface area contributed by atoms with Gasteiger partial charge in [0.1, 0.15) is 6.04 Å². The number of nitro benzene ring substituents is 1. The number of carbonyl (C=O) groups excluding carboxylic acids is 3. The van der Waals surface area contributed by atoms with Gasteiger partial charge >= 0.3 is 5.97 Å². The molecule has 1 aromatic rings. The number of rotatable bonds is 13. The van der Waals surface area contributed by atoms with Gasteiger partial charge in [0.25, 0.3) is 11.6 Å². The summed E-state index contributed by atoms with van der Waals surface area (Å²) in [6.45, 7) is 3.14. The van der Waals surface area contributed by atoms with E-state index in [1.807, 2.05) is 0 Å². The van der Waals surface area contributed by atoms with E-state index in [9.17, 15) is 24.5 Å². The molecule has 0 aromatic heterocycles. The SMILES string of the molecule is CCCCCCCCCCOC(=O)CC1C(=O)NCCN1C(=S)NC(=O)c1ccc([N+](=O)[O-])cc1. The summed E-state index contributed by atoms with van der Waals surface area (Å²) in [5, 5.41) is 16.0. The molecule has 1 saturated heterocycles. The van der Waals surface area contributed by atoms with Gasteiger partial charge in [-0.15, -0.1) is 0 Å². The third-order valence-corrected chi connectivity index (χ3v) is 6.11. The van der Waals surface area contributed by atoms with Crippen molar-refractivity contribution in [3.63, 3.8) is 0 Å². The molecule has 2 rings (SSSR count). The van der Waals surface area contributed by atoms with E-state index in [1.165, 1.54) is 61.3 Å². The summed E-state index contributed by atoms with van der Waals surface area (Å²) in [4.78, 5) is 49.0. The molecule has 1 heterocycles. The highest BCUT2D eigenvalue weighted by molar-refractivity contribution is 7.80. The van der Waals surface area contributed by atoms with Crippen LogP contribution >= 0.6 is 12.2 Å². The summed E-state index contributed by atoms with van der Waals surface area (Å²) < 4.78 is 5.32. The number of esters is 1. The van der Waals surface area contributed by atoms with Crippen LogP contribution in [-0.4, -0.2) is 58.5 Å². The molecule has 35 heavy (non-hydrogen) atoms. The summed E-state index contributed by atoms with van der Waals surface area (Å²) in [7, 11) is 0. The molecule has 192 valence electrons. The molecule has 1 fully saturated rings. The van der Waals surface area contributed by atoms with E-state index in [0.29, 0.717) is 19.7 Å². The highest BCUT2D eigenvalue weighted by atomic mass is 32.1. The lowest BCUT2D eigenvalue weighted by atomic mass is 10.1. The van der Waals surface area contributed by atoms with Crippen LogP contribution < -0.4 is 10.6 Å². The number of ether oxygens (including phenoxy) is 1. The molecule has 1 unspecified atom stereocenters. The summed E-state index contributed by atoms with van der Waals surface area (Å²) >= 11 is 5.33. The third kappa shape index (κ3) is 9.59. The van der Waals surface area contributed by atoms with Gasteiger partial charge in [0.2, 0.25) is 5.91 Å². The molecule has 0 spiro atoms. The van der Waals surface area contributed by atoms with Crippen molar-refractivity contribution in [2.24, 2.45) is 0 Å². The zero-order chi connectivity index (χ0) is 25.6. The largest absolute Gasteiger partial charge is 0.466 e. The van der Waals surface area contributed by atoms with E-state index in [1.54, 1.807) is 0 Å². The fourth-order valence-electron chi connectivity index (χ4n) is 3.78. The summed E-state index contributed by atoms with van der Waals surface area (Å²) in [5.41, 5.74) is 0.0445. The zero-order valence-corrected chi connectivity index (χ0v) is 20.9. The Morgan fingerprint density at radius 2 is 1.77 bits per heavy atom. The van der Waals surface area contributed by atoms with E-state index in [4.69, 9.17) is 17.0 Å². The van der Waals surface area contributed by atoms with Crippen LogP contribution in [0.2, 0.25) is 0 Å². The van der Waals surface area contributed by atoms with Gasteiger partial charge in [0.05, 0.1) is 18.0 Å². The second-order valence-electron chi connectivity index (χ2n) is 8.46. The first-order chi connectivity index (χ1) is 16.8. The number of hydrogen-bond acceptors (Lipinski definition) is 7. The van der Waals surface area contributed by atoms with Crippen molar-refractivity contribution in [3.05, 3.63) is 39.9 Å². The van der Waals surface area contributed by atoms with Crippen molar-refractivity contribution >= 4 is 40.8 Å². The zero-order valence-electron chi connectivity index (χ0n) is 20.1. The minimum absolute atomic E-state index is 0.00377. The maximum absolute atomic E-state index is 12.5. The van der Waals surface area contributed by atoms with E-state index in [0.717, 1.165) is 19.3 Å². The molecule has 1 atom stereocenters. The second kappa shape index (κ2) is 15.0. The van der Waals surface area contributed by atoms with Crippen molar-refractivity contribution in [2.45, 2.75) is 70.8 Å². The topological polar surface area (TPSA) is 131 Å². The predicted molar refractivity (Wildman–Crippen MR) is 135 cm³/mol. The number of carbonyl (C=O) groups is 3. The first-order valence-corrected chi connectivity index (χ1v) is 12.5. The smallest absolute Gasteiger partial charge is 0.308 e. The average molecular weight is 507 g/mol. The van der Waals surface area contributed by atoms with Gasteiger partial charge < -0.3 is 15.0 Å². The Hall–Kier alpha value is -3.08. The van der Waals surface area contributed by atoms with Crippen molar-refractivity contribution in [3.8, 4) is 0 Å². The quantitative estimate of drug-likeness (QED) is 0.137. The first-order valence-electron chi connectivity index (χ1n) is 12.1. The Morgan fingerprint density at radius 3 is 2.40 bits per heavy atom.